The SMILES string of the molecule is Cc1csc2c1C1C(=CC2=O)N(C(=O)OC(C)(C)C)C[C@H]1C. The predicted octanol–water partition coefficient (Wildman–Crippen LogP) is 4.11. The Labute approximate surface area is 134 Å². The van der Waals surface area contributed by atoms with Gasteiger partial charge in [-0.1, -0.05) is 6.92 Å². The first-order valence-corrected chi connectivity index (χ1v) is 8.41. The van der Waals surface area contributed by atoms with Crippen LogP contribution in [0.4, 0.5) is 4.79 Å². The number of hydrogen-bond acceptors (Lipinski definition) is 4. The number of carbonyl (C=O) groups excluding carboxylic acids is 2. The molecule has 2 aliphatic rings. The fraction of sp³-hybridized carbons (Fsp3) is 0.529. The Bertz CT molecular complexity index is 681. The summed E-state index contributed by atoms with van der Waals surface area (Å²) in [5.41, 5.74) is 2.50. The lowest BCUT2D eigenvalue weighted by atomic mass is 9.82. The number of aryl methyl sites for hydroxylation is 1. The molecule has 118 valence electrons. The summed E-state index contributed by atoms with van der Waals surface area (Å²) in [4.78, 5) is 27.3. The number of carbonyl (C=O) groups is 2. The molecule has 2 heterocycles. The zero-order valence-corrected chi connectivity index (χ0v) is 14.4. The van der Waals surface area contributed by atoms with Gasteiger partial charge in [0.25, 0.3) is 0 Å². The van der Waals surface area contributed by atoms with E-state index in [4.69, 9.17) is 4.74 Å². The Morgan fingerprint density at radius 1 is 1.41 bits per heavy atom. The number of fused-ring (bicyclic) bond motifs is 3. The lowest BCUT2D eigenvalue weighted by molar-refractivity contribution is 0.0331. The summed E-state index contributed by atoms with van der Waals surface area (Å²) in [6.45, 7) is 10.3. The van der Waals surface area contributed by atoms with Crippen molar-refractivity contribution in [1.82, 2.24) is 4.90 Å². The van der Waals surface area contributed by atoms with Crippen LogP contribution in [-0.4, -0.2) is 28.9 Å². The van der Waals surface area contributed by atoms with E-state index in [-0.39, 0.29) is 23.7 Å². The van der Waals surface area contributed by atoms with E-state index < -0.39 is 5.60 Å². The Morgan fingerprint density at radius 3 is 2.73 bits per heavy atom. The maximum atomic E-state index is 12.5. The molecule has 1 amide bonds. The molecule has 1 aliphatic heterocycles. The third-order valence-corrected chi connectivity index (χ3v) is 5.25. The Balaban J connectivity index is 1.98. The van der Waals surface area contributed by atoms with Crippen LogP contribution >= 0.6 is 11.3 Å². The van der Waals surface area contributed by atoms with Gasteiger partial charge in [-0.2, -0.15) is 0 Å². The van der Waals surface area contributed by atoms with E-state index >= 15 is 0 Å². The second-order valence-electron chi connectivity index (χ2n) is 7.14. The second kappa shape index (κ2) is 4.95. The number of hydrogen-bond donors (Lipinski definition) is 0. The highest BCUT2D eigenvalue weighted by molar-refractivity contribution is 7.12. The van der Waals surface area contributed by atoms with E-state index in [9.17, 15) is 9.59 Å². The maximum Gasteiger partial charge on any atom is 0.414 e. The summed E-state index contributed by atoms with van der Waals surface area (Å²) in [7, 11) is 0. The van der Waals surface area contributed by atoms with Crippen molar-refractivity contribution in [2.75, 3.05) is 6.54 Å². The summed E-state index contributed by atoms with van der Waals surface area (Å²) >= 11 is 1.50. The molecule has 1 unspecified atom stereocenters. The van der Waals surface area contributed by atoms with Crippen LogP contribution in [0, 0.1) is 12.8 Å². The molecule has 0 radical (unpaired) electrons. The van der Waals surface area contributed by atoms with Gasteiger partial charge in [0.05, 0.1) is 4.88 Å². The minimum Gasteiger partial charge on any atom is -0.443 e. The van der Waals surface area contributed by atoms with Crippen LogP contribution in [0.25, 0.3) is 0 Å². The number of rotatable bonds is 0. The quantitative estimate of drug-likeness (QED) is 0.723. The van der Waals surface area contributed by atoms with Gasteiger partial charge in [-0.25, -0.2) is 4.79 Å². The molecule has 1 aromatic rings. The van der Waals surface area contributed by atoms with Crippen molar-refractivity contribution >= 4 is 23.2 Å². The fourth-order valence-electron chi connectivity index (χ4n) is 3.29. The van der Waals surface area contributed by atoms with E-state index in [1.807, 2.05) is 33.1 Å². The smallest absolute Gasteiger partial charge is 0.414 e. The molecule has 1 saturated heterocycles. The van der Waals surface area contributed by atoms with Gasteiger partial charge in [0.1, 0.15) is 5.60 Å². The van der Waals surface area contributed by atoms with Gasteiger partial charge in [0, 0.05) is 24.2 Å². The normalized spacial score (nSPS) is 24.0. The first-order chi connectivity index (χ1) is 10.2. The van der Waals surface area contributed by atoms with Crippen LogP contribution in [0.5, 0.6) is 0 Å². The van der Waals surface area contributed by atoms with Crippen LogP contribution in [0.2, 0.25) is 0 Å². The van der Waals surface area contributed by atoms with E-state index in [0.717, 1.165) is 21.7 Å². The van der Waals surface area contributed by atoms with Gasteiger partial charge >= 0.3 is 6.09 Å². The van der Waals surface area contributed by atoms with Gasteiger partial charge in [-0.05, 0) is 50.1 Å². The van der Waals surface area contributed by atoms with Crippen molar-refractivity contribution in [3.05, 3.63) is 33.2 Å². The first-order valence-electron chi connectivity index (χ1n) is 7.53. The maximum absolute atomic E-state index is 12.5. The molecule has 1 fully saturated rings. The summed E-state index contributed by atoms with van der Waals surface area (Å²) < 4.78 is 5.49. The van der Waals surface area contributed by atoms with Crippen molar-refractivity contribution in [1.29, 1.82) is 0 Å². The monoisotopic (exact) mass is 319 g/mol. The minimum atomic E-state index is -0.541. The fourth-order valence-corrected chi connectivity index (χ4v) is 4.30. The lowest BCUT2D eigenvalue weighted by Gasteiger charge is -2.27. The molecule has 5 heteroatoms. The third kappa shape index (κ3) is 2.37. The van der Waals surface area contributed by atoms with Crippen LogP contribution in [0.15, 0.2) is 17.2 Å². The van der Waals surface area contributed by atoms with Gasteiger partial charge in [0.2, 0.25) is 0 Å². The van der Waals surface area contributed by atoms with Gasteiger partial charge in [-0.3, -0.25) is 9.69 Å². The number of amides is 1. The largest absolute Gasteiger partial charge is 0.443 e. The van der Waals surface area contributed by atoms with E-state index in [1.54, 1.807) is 11.0 Å². The summed E-state index contributed by atoms with van der Waals surface area (Å²) in [5.74, 6) is 0.396. The van der Waals surface area contributed by atoms with Gasteiger partial charge in [-0.15, -0.1) is 11.3 Å². The average molecular weight is 319 g/mol. The highest BCUT2D eigenvalue weighted by Gasteiger charge is 2.44. The molecule has 1 aromatic heterocycles. The number of allylic oxidation sites excluding steroid dienone is 2. The topological polar surface area (TPSA) is 46.6 Å². The number of thiophene rings is 1. The Morgan fingerprint density at radius 2 is 2.09 bits per heavy atom. The molecule has 22 heavy (non-hydrogen) atoms. The average Bonchev–Trinajstić information content (AvgIpc) is 2.90. The van der Waals surface area contributed by atoms with E-state index in [1.165, 1.54) is 11.3 Å². The van der Waals surface area contributed by atoms with Crippen molar-refractivity contribution in [3.63, 3.8) is 0 Å². The summed E-state index contributed by atoms with van der Waals surface area (Å²) in [6, 6.07) is 0. The van der Waals surface area contributed by atoms with E-state index in [0.29, 0.717) is 6.54 Å². The molecule has 0 spiro atoms. The molecular weight excluding hydrogens is 298 g/mol. The molecule has 0 bridgehead atoms. The Hall–Kier alpha value is -1.62. The minimum absolute atomic E-state index is 0.00186. The number of nitrogens with zero attached hydrogens (tertiary/aromatic N) is 1. The molecule has 2 atom stereocenters. The molecule has 0 saturated carbocycles. The molecule has 0 N–H and O–H groups in total. The van der Waals surface area contributed by atoms with Crippen molar-refractivity contribution < 1.29 is 14.3 Å². The van der Waals surface area contributed by atoms with Crippen molar-refractivity contribution in [2.24, 2.45) is 5.92 Å². The van der Waals surface area contributed by atoms with Crippen LogP contribution in [0.1, 0.15) is 54.4 Å². The van der Waals surface area contributed by atoms with Crippen molar-refractivity contribution in [3.8, 4) is 0 Å². The summed E-state index contributed by atoms with van der Waals surface area (Å²) in [5, 5.41) is 2.03. The van der Waals surface area contributed by atoms with Crippen LogP contribution in [-0.2, 0) is 4.74 Å². The molecule has 0 aromatic carbocycles. The highest BCUT2D eigenvalue weighted by atomic mass is 32.1. The first kappa shape index (κ1) is 15.3. The number of ether oxygens (including phenoxy) is 1. The molecule has 3 rings (SSSR count). The molecule has 1 aliphatic carbocycles. The molecule has 4 nitrogen and oxygen atoms in total. The number of ketones is 1. The predicted molar refractivity (Wildman–Crippen MR) is 86.3 cm³/mol. The second-order valence-corrected chi connectivity index (χ2v) is 8.02. The van der Waals surface area contributed by atoms with E-state index in [2.05, 4.69) is 6.92 Å². The Kier molecular flexibility index (Phi) is 3.44. The third-order valence-electron chi connectivity index (χ3n) is 4.12. The molecular formula is C17H21NO3S. The van der Waals surface area contributed by atoms with Gasteiger partial charge < -0.3 is 4.74 Å². The zero-order valence-electron chi connectivity index (χ0n) is 13.6. The number of likely N-dealkylation sites (tertiary alicyclic amines) is 1. The zero-order chi connectivity index (χ0) is 16.2. The summed E-state index contributed by atoms with van der Waals surface area (Å²) in [6.07, 6.45) is 1.26. The van der Waals surface area contributed by atoms with Crippen LogP contribution in [0.3, 0.4) is 0 Å². The van der Waals surface area contributed by atoms with Crippen molar-refractivity contribution in [2.45, 2.75) is 46.1 Å². The standard InChI is InChI=1S/C17H21NO3S/c1-9-7-18(16(20)21-17(3,4)5)11-6-12(19)15-14(13(9)11)10(2)8-22-15/h6,8-9,13H,7H2,1-5H3/t9-,13?/m1/s1. The highest BCUT2D eigenvalue weighted by Crippen LogP contribution is 2.48. The lowest BCUT2D eigenvalue weighted by Crippen LogP contribution is -2.35. The van der Waals surface area contributed by atoms with Gasteiger partial charge in [0.15, 0.2) is 5.78 Å². The van der Waals surface area contributed by atoms with Crippen LogP contribution < -0.4 is 0 Å².